The van der Waals surface area contributed by atoms with Gasteiger partial charge in [-0.2, -0.15) is 0 Å². The summed E-state index contributed by atoms with van der Waals surface area (Å²) in [4.78, 5) is 27.5. The Kier molecular flexibility index (Phi) is 10.7. The summed E-state index contributed by atoms with van der Waals surface area (Å²) in [6.45, 7) is 10.0. The fraction of sp³-hybridized carbons (Fsp3) is 0.484. The zero-order chi connectivity index (χ0) is 25.9. The van der Waals surface area contributed by atoms with Crippen LogP contribution in [0.25, 0.3) is 11.0 Å². The lowest BCUT2D eigenvalue weighted by Gasteiger charge is -2.21. The van der Waals surface area contributed by atoms with Gasteiger partial charge in [-0.3, -0.25) is 4.79 Å². The molecule has 194 valence electrons. The largest absolute Gasteiger partial charge is 0.478 e. The highest BCUT2D eigenvalue weighted by Gasteiger charge is 2.22. The standard InChI is InChI=1S/C31H41NO4/c1-4-7-12-27-29(26-18-17-25(31(34)35)22-28(26)36-27)30(33)24-15-13-23(14-16-24)11-10-21-32(19-8-5-2)20-9-6-3/h13-18,22H,4-12,19-21H2,1-3H3,(H,34,35). The number of unbranched alkanes of at least 4 members (excludes halogenated alkanes) is 3. The molecule has 2 aromatic carbocycles. The molecule has 1 N–H and O–H groups in total. The summed E-state index contributed by atoms with van der Waals surface area (Å²) < 4.78 is 6.00. The summed E-state index contributed by atoms with van der Waals surface area (Å²) in [7, 11) is 0. The van der Waals surface area contributed by atoms with Crippen molar-refractivity contribution in [2.24, 2.45) is 0 Å². The van der Waals surface area contributed by atoms with Crippen LogP contribution in [0.5, 0.6) is 0 Å². The molecule has 0 unspecified atom stereocenters. The monoisotopic (exact) mass is 491 g/mol. The predicted molar refractivity (Wildman–Crippen MR) is 146 cm³/mol. The van der Waals surface area contributed by atoms with Crippen molar-refractivity contribution in [1.29, 1.82) is 0 Å². The topological polar surface area (TPSA) is 70.7 Å². The average molecular weight is 492 g/mol. The number of rotatable bonds is 16. The van der Waals surface area contributed by atoms with Gasteiger partial charge in [-0.05, 0) is 75.5 Å². The molecular formula is C31H41NO4. The predicted octanol–water partition coefficient (Wildman–Crippen LogP) is 7.54. The molecule has 3 aromatic rings. The number of carboxylic acid groups (broad SMARTS) is 1. The molecule has 1 aromatic heterocycles. The zero-order valence-corrected chi connectivity index (χ0v) is 22.1. The fourth-order valence-electron chi connectivity index (χ4n) is 4.62. The molecule has 5 heteroatoms. The van der Waals surface area contributed by atoms with Crippen LogP contribution in [0.4, 0.5) is 0 Å². The number of furan rings is 1. The summed E-state index contributed by atoms with van der Waals surface area (Å²) in [5.74, 6) is -0.437. The molecule has 0 spiro atoms. The van der Waals surface area contributed by atoms with Crippen LogP contribution in [0, 0.1) is 0 Å². The van der Waals surface area contributed by atoms with E-state index in [9.17, 15) is 14.7 Å². The van der Waals surface area contributed by atoms with Crippen LogP contribution in [-0.4, -0.2) is 41.4 Å². The van der Waals surface area contributed by atoms with Crippen LogP contribution < -0.4 is 0 Å². The minimum absolute atomic E-state index is 0.0696. The normalized spacial score (nSPS) is 11.4. The van der Waals surface area contributed by atoms with Crippen LogP contribution in [0.3, 0.4) is 0 Å². The molecule has 0 saturated carbocycles. The fourth-order valence-corrected chi connectivity index (χ4v) is 4.62. The minimum atomic E-state index is -1.01. The second-order valence-corrected chi connectivity index (χ2v) is 9.70. The van der Waals surface area contributed by atoms with Gasteiger partial charge in [-0.25, -0.2) is 4.79 Å². The number of carbonyl (C=O) groups excluding carboxylic acids is 1. The molecule has 1 heterocycles. The molecule has 0 bridgehead atoms. The summed E-state index contributed by atoms with van der Waals surface area (Å²) in [6.07, 6.45) is 9.60. The van der Waals surface area contributed by atoms with Crippen LogP contribution in [-0.2, 0) is 12.8 Å². The van der Waals surface area contributed by atoms with Crippen LogP contribution in [0.1, 0.15) is 103 Å². The third-order valence-corrected chi connectivity index (χ3v) is 6.81. The van der Waals surface area contributed by atoms with Crippen molar-refractivity contribution in [3.63, 3.8) is 0 Å². The number of hydrogen-bond donors (Lipinski definition) is 1. The van der Waals surface area contributed by atoms with Gasteiger partial charge in [0.1, 0.15) is 11.3 Å². The van der Waals surface area contributed by atoms with E-state index in [0.717, 1.165) is 32.2 Å². The Labute approximate surface area is 215 Å². The van der Waals surface area contributed by atoms with Crippen molar-refractivity contribution in [2.45, 2.75) is 78.6 Å². The van der Waals surface area contributed by atoms with E-state index in [4.69, 9.17) is 4.42 Å². The third kappa shape index (κ3) is 7.30. The van der Waals surface area contributed by atoms with Crippen LogP contribution in [0.15, 0.2) is 46.9 Å². The molecular weight excluding hydrogens is 450 g/mol. The SMILES string of the molecule is CCCCc1oc2cc(C(=O)O)ccc2c1C(=O)c1ccc(CCCN(CCCC)CCCC)cc1. The first-order chi connectivity index (χ1) is 17.5. The number of carboxylic acids is 1. The lowest BCUT2D eigenvalue weighted by Crippen LogP contribution is -2.27. The van der Waals surface area contributed by atoms with E-state index in [1.54, 1.807) is 6.07 Å². The highest BCUT2D eigenvalue weighted by Crippen LogP contribution is 2.30. The number of carbonyl (C=O) groups is 2. The molecule has 0 aliphatic carbocycles. The van der Waals surface area contributed by atoms with Gasteiger partial charge in [0.2, 0.25) is 0 Å². The second-order valence-electron chi connectivity index (χ2n) is 9.70. The van der Waals surface area contributed by atoms with Gasteiger partial charge >= 0.3 is 5.97 Å². The lowest BCUT2D eigenvalue weighted by atomic mass is 9.96. The molecule has 0 saturated heterocycles. The lowest BCUT2D eigenvalue weighted by molar-refractivity contribution is 0.0696. The summed E-state index contributed by atoms with van der Waals surface area (Å²) >= 11 is 0. The first-order valence-corrected chi connectivity index (χ1v) is 13.6. The summed E-state index contributed by atoms with van der Waals surface area (Å²) in [5.41, 5.74) is 3.05. The maximum absolute atomic E-state index is 13.6. The van der Waals surface area contributed by atoms with Crippen molar-refractivity contribution in [1.82, 2.24) is 4.90 Å². The van der Waals surface area contributed by atoms with E-state index in [1.807, 2.05) is 12.1 Å². The first-order valence-electron chi connectivity index (χ1n) is 13.6. The Bertz CT molecular complexity index is 1120. The summed E-state index contributed by atoms with van der Waals surface area (Å²) in [6, 6.07) is 12.7. The number of nitrogens with zero attached hydrogens (tertiary/aromatic N) is 1. The maximum atomic E-state index is 13.6. The van der Waals surface area contributed by atoms with Gasteiger partial charge in [0.05, 0.1) is 11.1 Å². The third-order valence-electron chi connectivity index (χ3n) is 6.81. The molecule has 0 radical (unpaired) electrons. The van der Waals surface area contributed by atoms with Gasteiger partial charge in [-0.1, -0.05) is 64.3 Å². The van der Waals surface area contributed by atoms with E-state index in [-0.39, 0.29) is 11.3 Å². The smallest absolute Gasteiger partial charge is 0.335 e. The Hall–Kier alpha value is -2.92. The van der Waals surface area contributed by atoms with Crippen molar-refractivity contribution in [3.8, 4) is 0 Å². The number of hydrogen-bond acceptors (Lipinski definition) is 4. The Morgan fingerprint density at radius 2 is 1.39 bits per heavy atom. The molecule has 0 aliphatic heterocycles. The highest BCUT2D eigenvalue weighted by atomic mass is 16.4. The van der Waals surface area contributed by atoms with Crippen molar-refractivity contribution in [2.75, 3.05) is 19.6 Å². The van der Waals surface area contributed by atoms with Gasteiger partial charge in [0.25, 0.3) is 0 Å². The van der Waals surface area contributed by atoms with E-state index >= 15 is 0 Å². The molecule has 0 amide bonds. The number of aryl methyl sites for hydroxylation is 2. The van der Waals surface area contributed by atoms with Crippen molar-refractivity contribution >= 4 is 22.7 Å². The van der Waals surface area contributed by atoms with E-state index < -0.39 is 5.97 Å². The van der Waals surface area contributed by atoms with E-state index in [1.165, 1.54) is 56.5 Å². The zero-order valence-electron chi connectivity index (χ0n) is 22.1. The molecule has 0 fully saturated rings. The Morgan fingerprint density at radius 3 is 2.00 bits per heavy atom. The minimum Gasteiger partial charge on any atom is -0.478 e. The van der Waals surface area contributed by atoms with E-state index in [0.29, 0.717) is 34.3 Å². The van der Waals surface area contributed by atoms with Gasteiger partial charge in [0.15, 0.2) is 5.78 Å². The van der Waals surface area contributed by atoms with Crippen LogP contribution in [0.2, 0.25) is 0 Å². The molecule has 5 nitrogen and oxygen atoms in total. The molecule has 36 heavy (non-hydrogen) atoms. The Balaban J connectivity index is 1.73. The number of ketones is 1. The quantitative estimate of drug-likeness (QED) is 0.210. The second kappa shape index (κ2) is 14.0. The first kappa shape index (κ1) is 27.7. The molecule has 0 atom stereocenters. The number of aromatic carboxylic acids is 1. The highest BCUT2D eigenvalue weighted by molar-refractivity contribution is 6.17. The Morgan fingerprint density at radius 1 is 0.778 bits per heavy atom. The van der Waals surface area contributed by atoms with Crippen LogP contribution >= 0.6 is 0 Å². The van der Waals surface area contributed by atoms with Gasteiger partial charge in [0, 0.05) is 17.4 Å². The van der Waals surface area contributed by atoms with E-state index in [2.05, 4.69) is 37.8 Å². The van der Waals surface area contributed by atoms with Gasteiger partial charge in [-0.15, -0.1) is 0 Å². The number of benzene rings is 2. The maximum Gasteiger partial charge on any atom is 0.335 e. The number of fused-ring (bicyclic) bond motifs is 1. The average Bonchev–Trinajstić information content (AvgIpc) is 3.26. The van der Waals surface area contributed by atoms with Crippen molar-refractivity contribution in [3.05, 3.63) is 70.5 Å². The van der Waals surface area contributed by atoms with Crippen molar-refractivity contribution < 1.29 is 19.1 Å². The van der Waals surface area contributed by atoms with Gasteiger partial charge < -0.3 is 14.4 Å². The molecule has 0 aliphatic rings. The molecule has 3 rings (SSSR count). The summed E-state index contributed by atoms with van der Waals surface area (Å²) in [5, 5.41) is 10.0.